The molecule has 0 saturated heterocycles. The van der Waals surface area contributed by atoms with E-state index in [4.69, 9.17) is 4.42 Å². The van der Waals surface area contributed by atoms with Crippen LogP contribution in [0.25, 0.3) is 33.4 Å². The Morgan fingerprint density at radius 1 is 1.13 bits per heavy atom. The molecular formula is C17H10I2N2O2. The maximum atomic E-state index is 12.4. The zero-order valence-electron chi connectivity index (χ0n) is 12.0. The Balaban J connectivity index is 1.99. The summed E-state index contributed by atoms with van der Waals surface area (Å²) < 4.78 is 7.55. The summed E-state index contributed by atoms with van der Waals surface area (Å²) in [5.74, 6) is 0.537. The van der Waals surface area contributed by atoms with Gasteiger partial charge in [0.1, 0.15) is 11.4 Å². The minimum absolute atomic E-state index is 0.382. The van der Waals surface area contributed by atoms with Crippen LogP contribution in [-0.2, 0) is 0 Å². The summed E-state index contributed by atoms with van der Waals surface area (Å²) in [6.07, 6.45) is 0. The van der Waals surface area contributed by atoms with Gasteiger partial charge in [0, 0.05) is 8.96 Å². The second-order valence-corrected chi connectivity index (χ2v) is 7.77. The van der Waals surface area contributed by atoms with Crippen molar-refractivity contribution >= 4 is 67.2 Å². The number of fused-ring (bicyclic) bond motifs is 2. The van der Waals surface area contributed by atoms with Crippen LogP contribution in [0.15, 0.2) is 45.6 Å². The summed E-state index contributed by atoms with van der Waals surface area (Å²) in [7, 11) is 0. The highest BCUT2D eigenvalue weighted by Crippen LogP contribution is 2.26. The van der Waals surface area contributed by atoms with Gasteiger partial charge in [0.15, 0.2) is 5.58 Å². The molecular weight excluding hydrogens is 518 g/mol. The molecule has 4 aromatic rings. The molecule has 0 radical (unpaired) electrons. The quantitative estimate of drug-likeness (QED) is 0.284. The monoisotopic (exact) mass is 528 g/mol. The third-order valence-corrected chi connectivity index (χ3v) is 5.07. The van der Waals surface area contributed by atoms with Gasteiger partial charge in [-0.1, -0.05) is 6.07 Å². The van der Waals surface area contributed by atoms with Crippen molar-refractivity contribution in [1.82, 2.24) is 9.97 Å². The standard InChI is InChI=1S/C17H10I2N2O2/c1-8-2-3-13-14(4-8)21-16(20-13)11-6-9-5-10(18)7-12(19)15(9)23-17(11)22/h2-7H,1H3,(H,20,21). The van der Waals surface area contributed by atoms with Crippen molar-refractivity contribution in [3.8, 4) is 11.4 Å². The molecule has 114 valence electrons. The van der Waals surface area contributed by atoms with Crippen molar-refractivity contribution < 1.29 is 4.42 Å². The topological polar surface area (TPSA) is 58.9 Å². The molecule has 0 unspecified atom stereocenters. The van der Waals surface area contributed by atoms with E-state index in [1.807, 2.05) is 43.3 Å². The molecule has 4 nitrogen and oxygen atoms in total. The largest absolute Gasteiger partial charge is 0.421 e. The smallest absolute Gasteiger partial charge is 0.347 e. The molecule has 0 aliphatic carbocycles. The summed E-state index contributed by atoms with van der Waals surface area (Å²) in [6.45, 7) is 2.02. The first-order valence-electron chi connectivity index (χ1n) is 6.91. The van der Waals surface area contributed by atoms with E-state index in [1.54, 1.807) is 0 Å². The summed E-state index contributed by atoms with van der Waals surface area (Å²) in [5.41, 5.74) is 3.57. The fourth-order valence-electron chi connectivity index (χ4n) is 2.57. The molecule has 6 heteroatoms. The van der Waals surface area contributed by atoms with Crippen LogP contribution in [0.4, 0.5) is 0 Å². The van der Waals surface area contributed by atoms with E-state index in [9.17, 15) is 4.79 Å². The molecule has 0 bridgehead atoms. The van der Waals surface area contributed by atoms with E-state index in [0.29, 0.717) is 17.0 Å². The molecule has 0 saturated carbocycles. The van der Waals surface area contributed by atoms with Crippen LogP contribution in [0, 0.1) is 14.1 Å². The minimum atomic E-state index is -0.382. The normalized spacial score (nSPS) is 11.4. The number of H-pyrrole nitrogens is 1. The number of nitrogens with one attached hydrogen (secondary N) is 1. The zero-order chi connectivity index (χ0) is 16.1. The van der Waals surface area contributed by atoms with Crippen molar-refractivity contribution in [3.63, 3.8) is 0 Å². The molecule has 2 aromatic heterocycles. The van der Waals surface area contributed by atoms with E-state index >= 15 is 0 Å². The third kappa shape index (κ3) is 2.67. The van der Waals surface area contributed by atoms with E-state index in [1.165, 1.54) is 0 Å². The maximum absolute atomic E-state index is 12.4. The van der Waals surface area contributed by atoms with Crippen LogP contribution < -0.4 is 5.63 Å². The lowest BCUT2D eigenvalue weighted by atomic mass is 10.2. The number of benzene rings is 2. The lowest BCUT2D eigenvalue weighted by molar-refractivity contribution is 0.561. The summed E-state index contributed by atoms with van der Waals surface area (Å²) in [4.78, 5) is 20.1. The molecule has 23 heavy (non-hydrogen) atoms. The van der Waals surface area contributed by atoms with Gasteiger partial charge in [-0.2, -0.15) is 0 Å². The third-order valence-electron chi connectivity index (χ3n) is 3.64. The maximum Gasteiger partial charge on any atom is 0.347 e. The fourth-order valence-corrected chi connectivity index (χ4v) is 4.57. The first-order chi connectivity index (χ1) is 11.0. The number of rotatable bonds is 1. The van der Waals surface area contributed by atoms with Crippen LogP contribution >= 0.6 is 45.2 Å². The molecule has 0 amide bonds. The Morgan fingerprint density at radius 2 is 1.96 bits per heavy atom. The van der Waals surface area contributed by atoms with Crippen molar-refractivity contribution in [1.29, 1.82) is 0 Å². The van der Waals surface area contributed by atoms with Crippen molar-refractivity contribution in [3.05, 3.63) is 59.5 Å². The highest BCUT2D eigenvalue weighted by atomic mass is 127. The number of nitrogens with zero attached hydrogens (tertiary/aromatic N) is 1. The molecule has 0 atom stereocenters. The first kappa shape index (κ1) is 15.1. The van der Waals surface area contributed by atoms with E-state index in [2.05, 4.69) is 55.1 Å². The second-order valence-electron chi connectivity index (χ2n) is 5.36. The molecule has 1 N–H and O–H groups in total. The number of hydrogen-bond donors (Lipinski definition) is 1. The fraction of sp³-hybridized carbons (Fsp3) is 0.0588. The Hall–Kier alpha value is -1.42. The number of halogens is 2. The second kappa shape index (κ2) is 5.59. The van der Waals surface area contributed by atoms with E-state index < -0.39 is 0 Å². The van der Waals surface area contributed by atoms with Crippen LogP contribution in [0.3, 0.4) is 0 Å². The predicted octanol–water partition coefficient (Wildman–Crippen LogP) is 4.85. The average Bonchev–Trinajstić information content (AvgIpc) is 2.90. The van der Waals surface area contributed by atoms with Gasteiger partial charge in [0.05, 0.1) is 14.6 Å². The number of aromatic nitrogens is 2. The van der Waals surface area contributed by atoms with Gasteiger partial charge in [-0.05, 0) is 88.0 Å². The van der Waals surface area contributed by atoms with Gasteiger partial charge in [0.25, 0.3) is 0 Å². The average molecular weight is 528 g/mol. The number of hydrogen-bond acceptors (Lipinski definition) is 3. The number of aryl methyl sites for hydroxylation is 1. The van der Waals surface area contributed by atoms with Crippen molar-refractivity contribution in [2.75, 3.05) is 0 Å². The minimum Gasteiger partial charge on any atom is -0.421 e. The van der Waals surface area contributed by atoms with E-state index in [0.717, 1.165) is 29.1 Å². The molecule has 2 aromatic carbocycles. The zero-order valence-corrected chi connectivity index (χ0v) is 16.3. The highest BCUT2D eigenvalue weighted by Gasteiger charge is 2.14. The highest BCUT2D eigenvalue weighted by molar-refractivity contribution is 14.1. The van der Waals surface area contributed by atoms with Gasteiger partial charge < -0.3 is 9.40 Å². The molecule has 0 aliphatic rings. The SMILES string of the molecule is Cc1ccc2nc(-c3cc4cc(I)cc(I)c4oc3=O)[nH]c2c1. The molecule has 0 fully saturated rings. The van der Waals surface area contributed by atoms with Gasteiger partial charge in [0.2, 0.25) is 0 Å². The molecule has 0 aliphatic heterocycles. The summed E-state index contributed by atoms with van der Waals surface area (Å²) in [5, 5.41) is 0.896. The number of imidazole rings is 1. The predicted molar refractivity (Wildman–Crippen MR) is 108 cm³/mol. The van der Waals surface area contributed by atoms with Gasteiger partial charge >= 0.3 is 5.63 Å². The van der Waals surface area contributed by atoms with Crippen molar-refractivity contribution in [2.24, 2.45) is 0 Å². The van der Waals surface area contributed by atoms with Crippen molar-refractivity contribution in [2.45, 2.75) is 6.92 Å². The lowest BCUT2D eigenvalue weighted by Gasteiger charge is -2.02. The van der Waals surface area contributed by atoms with E-state index in [-0.39, 0.29) is 5.63 Å². The van der Waals surface area contributed by atoms with Crippen LogP contribution in [0.5, 0.6) is 0 Å². The molecule has 0 spiro atoms. The Bertz CT molecular complexity index is 1130. The van der Waals surface area contributed by atoms with Gasteiger partial charge in [-0.3, -0.25) is 0 Å². The molecule has 4 rings (SSSR count). The van der Waals surface area contributed by atoms with Crippen LogP contribution in [0.1, 0.15) is 5.56 Å². The Labute approximate surface area is 158 Å². The van der Waals surface area contributed by atoms with Gasteiger partial charge in [-0.15, -0.1) is 0 Å². The lowest BCUT2D eigenvalue weighted by Crippen LogP contribution is -2.04. The van der Waals surface area contributed by atoms with Gasteiger partial charge in [-0.25, -0.2) is 9.78 Å². The summed E-state index contributed by atoms with van der Waals surface area (Å²) >= 11 is 4.44. The number of aromatic amines is 1. The Morgan fingerprint density at radius 3 is 2.78 bits per heavy atom. The van der Waals surface area contributed by atoms with Crippen LogP contribution in [0.2, 0.25) is 0 Å². The summed E-state index contributed by atoms with van der Waals surface area (Å²) in [6, 6.07) is 11.8. The first-order valence-corrected chi connectivity index (χ1v) is 9.07. The van der Waals surface area contributed by atoms with Crippen LogP contribution in [-0.4, -0.2) is 9.97 Å². The molecule has 2 heterocycles. The Kier molecular flexibility index (Phi) is 3.67.